The Morgan fingerprint density at radius 1 is 1.15 bits per heavy atom. The van der Waals surface area contributed by atoms with E-state index in [0.29, 0.717) is 24.8 Å². The summed E-state index contributed by atoms with van der Waals surface area (Å²) >= 11 is 0. The van der Waals surface area contributed by atoms with E-state index in [4.69, 9.17) is 4.84 Å². The van der Waals surface area contributed by atoms with Crippen molar-refractivity contribution in [2.24, 2.45) is 0 Å². The van der Waals surface area contributed by atoms with E-state index in [9.17, 15) is 24.9 Å². The molecule has 0 saturated carbocycles. The second kappa shape index (κ2) is 12.3. The van der Waals surface area contributed by atoms with Crippen molar-refractivity contribution in [3.63, 3.8) is 0 Å². The average molecular weight is 458 g/mol. The van der Waals surface area contributed by atoms with Gasteiger partial charge < -0.3 is 25.5 Å². The van der Waals surface area contributed by atoms with Gasteiger partial charge in [0, 0.05) is 25.4 Å². The molecule has 1 aromatic heterocycles. The van der Waals surface area contributed by atoms with Gasteiger partial charge in [0.15, 0.2) is 6.10 Å². The predicted molar refractivity (Wildman–Crippen MR) is 121 cm³/mol. The average Bonchev–Trinajstić information content (AvgIpc) is 2.84. The van der Waals surface area contributed by atoms with Gasteiger partial charge in [-0.25, -0.2) is 9.78 Å². The summed E-state index contributed by atoms with van der Waals surface area (Å²) in [6.07, 6.45) is 2.41. The lowest BCUT2D eigenvalue weighted by Gasteiger charge is -2.27. The number of aliphatic carboxylic acids is 1. The van der Waals surface area contributed by atoms with E-state index in [1.165, 1.54) is 5.56 Å². The Morgan fingerprint density at radius 2 is 1.94 bits per heavy atom. The van der Waals surface area contributed by atoms with Crippen LogP contribution in [0.3, 0.4) is 0 Å². The molecule has 9 nitrogen and oxygen atoms in total. The number of aliphatic hydroxyl groups excluding tert-OH is 2. The predicted octanol–water partition coefficient (Wildman–Crippen LogP) is 2.09. The summed E-state index contributed by atoms with van der Waals surface area (Å²) in [6.45, 7) is 0.686. The smallest absolute Gasteiger partial charge is 0.358 e. The number of unbranched alkanes of at least 4 members (excludes halogenated alkanes) is 1. The number of pyridine rings is 1. The molecule has 1 aliphatic rings. The van der Waals surface area contributed by atoms with Crippen LogP contribution in [0.15, 0.2) is 42.5 Å². The number of aliphatic hydroxyl groups is 2. The molecule has 0 unspecified atom stereocenters. The molecule has 3 rings (SSSR count). The van der Waals surface area contributed by atoms with Gasteiger partial charge in [0.05, 0.1) is 0 Å². The molecule has 33 heavy (non-hydrogen) atoms. The minimum atomic E-state index is -1.54. The van der Waals surface area contributed by atoms with E-state index < -0.39 is 24.1 Å². The number of aryl methyl sites for hydroxylation is 2. The number of nitrogens with one attached hydrogen (secondary N) is 1. The first-order chi connectivity index (χ1) is 16.0. The molecular weight excluding hydrogens is 426 g/mol. The highest BCUT2D eigenvalue weighted by atomic mass is 16.7. The fraction of sp³-hybridized carbons (Fsp3) is 0.458. The van der Waals surface area contributed by atoms with E-state index in [0.717, 1.165) is 36.0 Å². The highest BCUT2D eigenvalue weighted by molar-refractivity contribution is 5.77. The van der Waals surface area contributed by atoms with Gasteiger partial charge >= 0.3 is 11.9 Å². The lowest BCUT2D eigenvalue weighted by atomic mass is 10.1. The van der Waals surface area contributed by atoms with Crippen molar-refractivity contribution in [3.8, 4) is 0 Å². The third kappa shape index (κ3) is 6.98. The molecular formula is C24H31N3O6. The Kier molecular flexibility index (Phi) is 9.17. The normalized spacial score (nSPS) is 14.8. The third-order valence-electron chi connectivity index (χ3n) is 5.59. The number of benzene rings is 1. The number of fused-ring (bicyclic) bond motifs is 1. The Balaban J connectivity index is 1.59. The number of nitrogens with zero attached hydrogens (tertiary/aromatic N) is 2. The van der Waals surface area contributed by atoms with Crippen molar-refractivity contribution in [2.45, 2.75) is 50.7 Å². The minimum absolute atomic E-state index is 0.109. The maximum Gasteiger partial charge on any atom is 0.358 e. The van der Waals surface area contributed by atoms with Crippen LogP contribution in [0.5, 0.6) is 0 Å². The van der Waals surface area contributed by atoms with Crippen molar-refractivity contribution < 1.29 is 29.7 Å². The molecule has 0 aliphatic carbocycles. The van der Waals surface area contributed by atoms with Crippen molar-refractivity contribution in [1.82, 2.24) is 10.0 Å². The minimum Gasteiger partial charge on any atom is -0.480 e. The topological polar surface area (TPSA) is 132 Å². The number of rotatable bonds is 12. The summed E-state index contributed by atoms with van der Waals surface area (Å²) in [7, 11) is 0. The number of carbonyl (C=O) groups is 2. The van der Waals surface area contributed by atoms with Crippen molar-refractivity contribution in [2.75, 3.05) is 25.0 Å². The van der Waals surface area contributed by atoms with E-state index in [1.54, 1.807) is 30.3 Å². The fourth-order valence-corrected chi connectivity index (χ4v) is 3.80. The number of hydrogen-bond acceptors (Lipinski definition) is 8. The van der Waals surface area contributed by atoms with Gasteiger partial charge in [-0.15, -0.1) is 5.06 Å². The van der Waals surface area contributed by atoms with Crippen molar-refractivity contribution >= 4 is 17.8 Å². The third-order valence-corrected chi connectivity index (χ3v) is 5.59. The molecule has 0 saturated heterocycles. The SMILES string of the molecule is O=C(ON(CCCCc1ccc2c(n1)NCCC2)[C@@H](CCO)C(=O)O)[C@@H](O)c1ccccc1. The summed E-state index contributed by atoms with van der Waals surface area (Å²) in [4.78, 5) is 34.2. The van der Waals surface area contributed by atoms with Crippen molar-refractivity contribution in [3.05, 3.63) is 59.3 Å². The number of carbonyl (C=O) groups excluding carboxylic acids is 1. The Labute approximate surface area is 193 Å². The number of carboxylic acid groups (broad SMARTS) is 1. The molecule has 9 heteroatoms. The zero-order valence-corrected chi connectivity index (χ0v) is 18.5. The monoisotopic (exact) mass is 457 g/mol. The number of carboxylic acids is 1. The van der Waals surface area contributed by atoms with Crippen LogP contribution in [0.4, 0.5) is 5.82 Å². The molecule has 0 spiro atoms. The van der Waals surface area contributed by atoms with Gasteiger partial charge in [0.25, 0.3) is 0 Å². The van der Waals surface area contributed by atoms with Crippen LogP contribution in [-0.4, -0.2) is 63.0 Å². The molecule has 0 fully saturated rings. The van der Waals surface area contributed by atoms with E-state index >= 15 is 0 Å². The summed E-state index contributed by atoms with van der Waals surface area (Å²) in [5.41, 5.74) is 2.51. The Bertz CT molecular complexity index is 924. The van der Waals surface area contributed by atoms with Crippen LogP contribution in [0, 0.1) is 0 Å². The maximum absolute atomic E-state index is 12.5. The second-order valence-electron chi connectivity index (χ2n) is 8.03. The van der Waals surface area contributed by atoms with Gasteiger partial charge in [0.1, 0.15) is 11.9 Å². The first-order valence-electron chi connectivity index (χ1n) is 11.3. The maximum atomic E-state index is 12.5. The Hall–Kier alpha value is -3.01. The summed E-state index contributed by atoms with van der Waals surface area (Å²) in [5.74, 6) is -1.25. The van der Waals surface area contributed by atoms with Crippen LogP contribution >= 0.6 is 0 Å². The standard InChI is InChI=1S/C24H31N3O6/c28-16-13-20(23(30)31)27(33-24(32)21(29)17-7-2-1-3-8-17)15-5-4-10-19-12-11-18-9-6-14-25-22(18)26-19/h1-3,7-8,11-12,20-21,28-29H,4-6,9-10,13-16H2,(H,25,26)(H,30,31)/t20-,21-/m0/s1. The molecule has 1 aliphatic heterocycles. The van der Waals surface area contributed by atoms with E-state index in [1.807, 2.05) is 6.07 Å². The number of anilines is 1. The van der Waals surface area contributed by atoms with Crippen LogP contribution in [-0.2, 0) is 27.3 Å². The molecule has 4 N–H and O–H groups in total. The molecule has 0 radical (unpaired) electrons. The van der Waals surface area contributed by atoms with Crippen LogP contribution < -0.4 is 5.32 Å². The zero-order chi connectivity index (χ0) is 23.6. The molecule has 2 aromatic rings. The van der Waals surface area contributed by atoms with Gasteiger partial charge in [-0.3, -0.25) is 4.79 Å². The lowest BCUT2D eigenvalue weighted by Crippen LogP contribution is -2.44. The summed E-state index contributed by atoms with van der Waals surface area (Å²) in [6, 6.07) is 11.2. The largest absolute Gasteiger partial charge is 0.480 e. The van der Waals surface area contributed by atoms with Gasteiger partial charge in [-0.1, -0.05) is 36.4 Å². The first-order valence-corrected chi connectivity index (χ1v) is 11.3. The zero-order valence-electron chi connectivity index (χ0n) is 18.5. The van der Waals surface area contributed by atoms with Gasteiger partial charge in [-0.05, 0) is 55.7 Å². The number of aromatic nitrogens is 1. The highest BCUT2D eigenvalue weighted by Gasteiger charge is 2.31. The molecule has 2 atom stereocenters. The quantitative estimate of drug-likeness (QED) is 0.279. The number of hydroxylamine groups is 2. The number of hydrogen-bond donors (Lipinski definition) is 4. The van der Waals surface area contributed by atoms with E-state index in [-0.39, 0.29) is 19.6 Å². The van der Waals surface area contributed by atoms with E-state index in [2.05, 4.69) is 16.4 Å². The summed E-state index contributed by atoms with van der Waals surface area (Å²) in [5, 5.41) is 33.5. The lowest BCUT2D eigenvalue weighted by molar-refractivity contribution is -0.216. The molecule has 2 heterocycles. The van der Waals surface area contributed by atoms with Crippen molar-refractivity contribution in [1.29, 1.82) is 0 Å². The second-order valence-corrected chi connectivity index (χ2v) is 8.03. The van der Waals surface area contributed by atoms with Crippen LogP contribution in [0.1, 0.15) is 48.6 Å². The Morgan fingerprint density at radius 3 is 2.67 bits per heavy atom. The van der Waals surface area contributed by atoms with Crippen LogP contribution in [0.25, 0.3) is 0 Å². The summed E-state index contributed by atoms with van der Waals surface area (Å²) < 4.78 is 0. The highest BCUT2D eigenvalue weighted by Crippen LogP contribution is 2.21. The van der Waals surface area contributed by atoms with Gasteiger partial charge in [-0.2, -0.15) is 0 Å². The van der Waals surface area contributed by atoms with Crippen LogP contribution in [0.2, 0.25) is 0 Å². The first kappa shape index (κ1) is 24.6. The van der Waals surface area contributed by atoms with Gasteiger partial charge in [0.2, 0.25) is 0 Å². The molecule has 0 amide bonds. The molecule has 1 aromatic carbocycles. The molecule has 0 bridgehead atoms. The fourth-order valence-electron chi connectivity index (χ4n) is 3.80. The molecule has 178 valence electrons.